The van der Waals surface area contributed by atoms with E-state index >= 15 is 0 Å². The normalized spacial score (nSPS) is 17.9. The van der Waals surface area contributed by atoms with Crippen molar-refractivity contribution < 1.29 is 17.2 Å². The number of halogens is 2. The molecule has 0 spiro atoms. The maximum absolute atomic E-state index is 14.6. The SMILES string of the molecule is Cc1cc2c(cnn2-c2ccc(=O)n(C)c2)cc1C1(Cc2ccccc2)CCN(S(=O)(=O)c2ccc(F)cc2F)C1. The first kappa shape index (κ1) is 27.0. The molecule has 1 saturated heterocycles. The van der Waals surface area contributed by atoms with Gasteiger partial charge in [-0.1, -0.05) is 30.3 Å². The average Bonchev–Trinajstić information content (AvgIpc) is 3.55. The van der Waals surface area contributed by atoms with E-state index in [-0.39, 0.29) is 18.6 Å². The Morgan fingerprint density at radius 1 is 1.00 bits per heavy atom. The van der Waals surface area contributed by atoms with Crippen LogP contribution < -0.4 is 5.56 Å². The smallest absolute Gasteiger partial charge is 0.250 e. The Morgan fingerprint density at radius 3 is 2.51 bits per heavy atom. The summed E-state index contributed by atoms with van der Waals surface area (Å²) in [5.41, 5.74) is 3.90. The van der Waals surface area contributed by atoms with E-state index in [1.807, 2.05) is 43.3 Å². The Balaban J connectivity index is 1.45. The summed E-state index contributed by atoms with van der Waals surface area (Å²) in [4.78, 5) is 11.4. The van der Waals surface area contributed by atoms with E-state index in [2.05, 4.69) is 11.2 Å². The molecule has 6 rings (SSSR count). The van der Waals surface area contributed by atoms with Gasteiger partial charge in [0.2, 0.25) is 15.6 Å². The molecule has 7 nitrogen and oxygen atoms in total. The van der Waals surface area contributed by atoms with Crippen LogP contribution in [-0.2, 0) is 28.9 Å². The van der Waals surface area contributed by atoms with Crippen LogP contribution in [0.15, 0.2) is 94.9 Å². The first-order valence-electron chi connectivity index (χ1n) is 13.2. The van der Waals surface area contributed by atoms with Gasteiger partial charge in [-0.3, -0.25) is 4.79 Å². The van der Waals surface area contributed by atoms with E-state index in [4.69, 9.17) is 0 Å². The number of rotatable bonds is 6. The number of fused-ring (bicyclic) bond motifs is 1. The Hall–Kier alpha value is -4.15. The lowest BCUT2D eigenvalue weighted by Crippen LogP contribution is -2.37. The fraction of sp³-hybridized carbons (Fsp3) is 0.226. The van der Waals surface area contributed by atoms with E-state index in [1.165, 1.54) is 14.9 Å². The largest absolute Gasteiger partial charge is 0.316 e. The van der Waals surface area contributed by atoms with Gasteiger partial charge in [0.05, 0.1) is 17.4 Å². The zero-order valence-corrected chi connectivity index (χ0v) is 23.4. The van der Waals surface area contributed by atoms with Crippen molar-refractivity contribution in [3.8, 4) is 5.69 Å². The van der Waals surface area contributed by atoms with Gasteiger partial charge in [-0.2, -0.15) is 9.40 Å². The van der Waals surface area contributed by atoms with Crippen molar-refractivity contribution in [1.29, 1.82) is 0 Å². The first-order valence-corrected chi connectivity index (χ1v) is 14.7. The fourth-order valence-corrected chi connectivity index (χ4v) is 7.54. The number of hydrogen-bond donors (Lipinski definition) is 0. The summed E-state index contributed by atoms with van der Waals surface area (Å²) in [7, 11) is -2.52. The van der Waals surface area contributed by atoms with E-state index in [0.29, 0.717) is 18.9 Å². The highest BCUT2D eigenvalue weighted by Gasteiger charge is 2.45. The number of sulfonamides is 1. The van der Waals surface area contributed by atoms with Crippen LogP contribution in [0, 0.1) is 18.6 Å². The highest BCUT2D eigenvalue weighted by Crippen LogP contribution is 2.43. The van der Waals surface area contributed by atoms with Gasteiger partial charge in [0.1, 0.15) is 16.5 Å². The van der Waals surface area contributed by atoms with Gasteiger partial charge in [0.25, 0.3) is 0 Å². The molecule has 0 N–H and O–H groups in total. The molecule has 3 heterocycles. The van der Waals surface area contributed by atoms with Crippen LogP contribution in [0.1, 0.15) is 23.1 Å². The molecule has 0 amide bonds. The molecule has 0 aliphatic carbocycles. The number of nitrogens with zero attached hydrogens (tertiary/aromatic N) is 4. The third-order valence-electron chi connectivity index (χ3n) is 8.02. The maximum atomic E-state index is 14.6. The first-order chi connectivity index (χ1) is 19.6. The zero-order valence-electron chi connectivity index (χ0n) is 22.6. The van der Waals surface area contributed by atoms with Crippen LogP contribution in [-0.4, -0.2) is 40.2 Å². The van der Waals surface area contributed by atoms with Crippen LogP contribution in [0.25, 0.3) is 16.6 Å². The second kappa shape index (κ2) is 10.0. The van der Waals surface area contributed by atoms with E-state index in [9.17, 15) is 22.0 Å². The molecule has 1 atom stereocenters. The van der Waals surface area contributed by atoms with Crippen LogP contribution in [0.5, 0.6) is 0 Å². The van der Waals surface area contributed by atoms with Gasteiger partial charge in [0.15, 0.2) is 0 Å². The molecule has 0 bridgehead atoms. The number of aryl methyl sites for hydroxylation is 2. The lowest BCUT2D eigenvalue weighted by atomic mass is 9.73. The van der Waals surface area contributed by atoms with Gasteiger partial charge in [-0.25, -0.2) is 21.9 Å². The molecular formula is C31H28F2N4O3S. The Labute approximate surface area is 236 Å². The molecule has 0 radical (unpaired) electrons. The Kier molecular flexibility index (Phi) is 6.62. The zero-order chi connectivity index (χ0) is 28.9. The van der Waals surface area contributed by atoms with Crippen molar-refractivity contribution in [3.63, 3.8) is 0 Å². The van der Waals surface area contributed by atoms with Crippen molar-refractivity contribution in [1.82, 2.24) is 18.7 Å². The molecule has 10 heteroatoms. The van der Waals surface area contributed by atoms with Crippen molar-refractivity contribution in [2.75, 3.05) is 13.1 Å². The quantitative estimate of drug-likeness (QED) is 0.290. The monoisotopic (exact) mass is 574 g/mol. The minimum absolute atomic E-state index is 0.118. The molecular weight excluding hydrogens is 546 g/mol. The molecule has 3 aromatic carbocycles. The Morgan fingerprint density at radius 2 is 1.78 bits per heavy atom. The molecule has 41 heavy (non-hydrogen) atoms. The highest BCUT2D eigenvalue weighted by atomic mass is 32.2. The van der Waals surface area contributed by atoms with Crippen molar-refractivity contribution in [3.05, 3.63) is 124 Å². The molecule has 5 aromatic rings. The molecule has 0 saturated carbocycles. The third kappa shape index (κ3) is 4.76. The summed E-state index contributed by atoms with van der Waals surface area (Å²) in [6.45, 7) is 2.33. The van der Waals surface area contributed by atoms with Crippen molar-refractivity contribution in [2.24, 2.45) is 7.05 Å². The summed E-state index contributed by atoms with van der Waals surface area (Å²) in [5.74, 6) is -1.93. The Bertz CT molecular complexity index is 1950. The lowest BCUT2D eigenvalue weighted by molar-refractivity contribution is 0.411. The summed E-state index contributed by atoms with van der Waals surface area (Å²) in [5, 5.41) is 5.46. The van der Waals surface area contributed by atoms with Gasteiger partial charge in [-0.15, -0.1) is 0 Å². The predicted molar refractivity (Wildman–Crippen MR) is 153 cm³/mol. The van der Waals surface area contributed by atoms with Gasteiger partial charge in [0, 0.05) is 49.3 Å². The number of benzene rings is 3. The molecule has 1 aliphatic heterocycles. The average molecular weight is 575 g/mol. The number of aromatic nitrogens is 3. The second-order valence-electron chi connectivity index (χ2n) is 10.7. The van der Waals surface area contributed by atoms with E-state index < -0.39 is 32.0 Å². The summed E-state index contributed by atoms with van der Waals surface area (Å²) >= 11 is 0. The summed E-state index contributed by atoms with van der Waals surface area (Å²) in [6.07, 6.45) is 4.58. The fourth-order valence-electron chi connectivity index (χ4n) is 5.97. The standard InChI is InChI=1S/C31H28F2N4O3S/c1-21-14-28-23(18-34-37(28)25-9-11-30(38)35(2)19-25)15-26(21)31(17-22-6-4-3-5-7-22)12-13-36(20-31)41(39,40)29-10-8-24(32)16-27(29)33/h3-11,14-16,18-19H,12-13,17,20H2,1-2H3. The van der Waals surface area contributed by atoms with Gasteiger partial charge < -0.3 is 4.57 Å². The highest BCUT2D eigenvalue weighted by molar-refractivity contribution is 7.89. The topological polar surface area (TPSA) is 77.2 Å². The molecule has 1 fully saturated rings. The molecule has 2 aromatic heterocycles. The van der Waals surface area contributed by atoms with Crippen LogP contribution in [0.4, 0.5) is 8.78 Å². The van der Waals surface area contributed by atoms with E-state index in [0.717, 1.165) is 45.4 Å². The minimum Gasteiger partial charge on any atom is -0.316 e. The second-order valence-corrected chi connectivity index (χ2v) is 12.6. The summed E-state index contributed by atoms with van der Waals surface area (Å²) in [6, 6.07) is 19.7. The molecule has 1 aliphatic rings. The number of hydrogen-bond acceptors (Lipinski definition) is 4. The maximum Gasteiger partial charge on any atom is 0.250 e. The lowest BCUT2D eigenvalue weighted by Gasteiger charge is -2.32. The summed E-state index contributed by atoms with van der Waals surface area (Å²) < 4.78 is 59.9. The molecule has 210 valence electrons. The van der Waals surface area contributed by atoms with Crippen molar-refractivity contribution in [2.45, 2.75) is 30.1 Å². The van der Waals surface area contributed by atoms with Crippen LogP contribution in [0.3, 0.4) is 0 Å². The van der Waals surface area contributed by atoms with Gasteiger partial charge >= 0.3 is 0 Å². The number of pyridine rings is 1. The van der Waals surface area contributed by atoms with E-state index in [1.54, 1.807) is 30.2 Å². The van der Waals surface area contributed by atoms with Gasteiger partial charge in [-0.05, 0) is 66.8 Å². The predicted octanol–water partition coefficient (Wildman–Crippen LogP) is 4.89. The minimum atomic E-state index is -4.20. The third-order valence-corrected chi connectivity index (χ3v) is 9.89. The van der Waals surface area contributed by atoms with Crippen molar-refractivity contribution >= 4 is 20.9 Å². The van der Waals surface area contributed by atoms with Crippen LogP contribution in [0.2, 0.25) is 0 Å². The molecule has 1 unspecified atom stereocenters. The van der Waals surface area contributed by atoms with Crippen LogP contribution >= 0.6 is 0 Å².